The number of nitrogens with one attached hydrogen (secondary N) is 2. The fourth-order valence-corrected chi connectivity index (χ4v) is 3.42. The zero-order valence-corrected chi connectivity index (χ0v) is 16.2. The molecule has 2 N–H and O–H groups in total. The van der Waals surface area contributed by atoms with Crippen molar-refractivity contribution < 1.29 is 22.7 Å². The van der Waals surface area contributed by atoms with E-state index in [1.807, 2.05) is 6.92 Å². The molecule has 0 unspecified atom stereocenters. The summed E-state index contributed by atoms with van der Waals surface area (Å²) in [5, 5.41) is 2.77. The molecule has 2 aromatic carbocycles. The molecule has 8 heteroatoms. The third kappa shape index (κ3) is 5.97. The maximum absolute atomic E-state index is 12.6. The molecule has 0 fully saturated rings. The highest BCUT2D eigenvalue weighted by Crippen LogP contribution is 2.21. The summed E-state index contributed by atoms with van der Waals surface area (Å²) in [4.78, 5) is 12.5. The number of ether oxygens (including phenoxy) is 2. The normalized spacial score (nSPS) is 11.0. The molecule has 0 saturated carbocycles. The van der Waals surface area contributed by atoms with Crippen molar-refractivity contribution in [1.29, 1.82) is 0 Å². The number of sulfonamides is 1. The van der Waals surface area contributed by atoms with Gasteiger partial charge in [-0.3, -0.25) is 9.52 Å². The van der Waals surface area contributed by atoms with Crippen LogP contribution in [0.15, 0.2) is 53.4 Å². The highest BCUT2D eigenvalue weighted by molar-refractivity contribution is 7.92. The molecule has 0 spiro atoms. The fourth-order valence-electron chi connectivity index (χ4n) is 2.34. The predicted molar refractivity (Wildman–Crippen MR) is 104 cm³/mol. The number of amides is 1. The Morgan fingerprint density at radius 3 is 2.44 bits per heavy atom. The van der Waals surface area contributed by atoms with E-state index in [1.165, 1.54) is 19.2 Å². The van der Waals surface area contributed by atoms with Gasteiger partial charge in [0.15, 0.2) is 0 Å². The van der Waals surface area contributed by atoms with Gasteiger partial charge in [-0.05, 0) is 49.7 Å². The summed E-state index contributed by atoms with van der Waals surface area (Å²) in [7, 11) is -2.33. The Bertz CT molecular complexity index is 851. The molecule has 0 aromatic heterocycles. The highest BCUT2D eigenvalue weighted by Gasteiger charge is 2.18. The van der Waals surface area contributed by atoms with Crippen LogP contribution in [0.5, 0.6) is 5.75 Å². The van der Waals surface area contributed by atoms with Gasteiger partial charge in [0.2, 0.25) is 0 Å². The minimum absolute atomic E-state index is 0.0789. The average molecular weight is 392 g/mol. The molecule has 0 aliphatic heterocycles. The maximum Gasteiger partial charge on any atom is 0.261 e. The van der Waals surface area contributed by atoms with Gasteiger partial charge in [-0.25, -0.2) is 8.42 Å². The lowest BCUT2D eigenvalue weighted by atomic mass is 10.1. The summed E-state index contributed by atoms with van der Waals surface area (Å²) in [6, 6.07) is 12.5. The minimum atomic E-state index is -3.83. The summed E-state index contributed by atoms with van der Waals surface area (Å²) in [5.74, 6) is 0.209. The van der Waals surface area contributed by atoms with Gasteiger partial charge >= 0.3 is 0 Å². The SMILES string of the molecule is CCOCCCNC(=O)c1ccccc1NS(=O)(=O)c1ccc(OC)cc1. The van der Waals surface area contributed by atoms with E-state index in [9.17, 15) is 13.2 Å². The van der Waals surface area contributed by atoms with E-state index < -0.39 is 10.0 Å². The summed E-state index contributed by atoms with van der Waals surface area (Å²) in [6.07, 6.45) is 0.680. The molecule has 0 radical (unpaired) electrons. The standard InChI is InChI=1S/C19H24N2O5S/c1-3-26-14-6-13-20-19(22)17-7-4-5-8-18(17)21-27(23,24)16-11-9-15(25-2)10-12-16/h4-5,7-12,21H,3,6,13-14H2,1-2H3,(H,20,22). The van der Waals surface area contributed by atoms with Gasteiger partial charge in [0.1, 0.15) is 5.75 Å². The van der Waals surface area contributed by atoms with E-state index in [1.54, 1.807) is 36.4 Å². The van der Waals surface area contributed by atoms with E-state index in [0.717, 1.165) is 0 Å². The molecule has 0 bridgehead atoms. The van der Waals surface area contributed by atoms with Crippen molar-refractivity contribution in [3.8, 4) is 5.75 Å². The van der Waals surface area contributed by atoms with Gasteiger partial charge in [-0.2, -0.15) is 0 Å². The Balaban J connectivity index is 2.10. The van der Waals surface area contributed by atoms with Crippen LogP contribution < -0.4 is 14.8 Å². The number of methoxy groups -OCH3 is 1. The Kier molecular flexibility index (Phi) is 7.63. The van der Waals surface area contributed by atoms with Crippen LogP contribution in [0.25, 0.3) is 0 Å². The molecule has 0 aliphatic carbocycles. The predicted octanol–water partition coefficient (Wildman–Crippen LogP) is 2.65. The van der Waals surface area contributed by atoms with Crippen molar-refractivity contribution in [2.45, 2.75) is 18.2 Å². The monoisotopic (exact) mass is 392 g/mol. The van der Waals surface area contributed by atoms with Gasteiger partial charge in [0.25, 0.3) is 15.9 Å². The number of para-hydroxylation sites is 1. The molecule has 7 nitrogen and oxygen atoms in total. The first-order chi connectivity index (χ1) is 13.0. The largest absolute Gasteiger partial charge is 0.497 e. The van der Waals surface area contributed by atoms with Crippen LogP contribution in [0, 0.1) is 0 Å². The van der Waals surface area contributed by atoms with Crippen LogP contribution in [0.3, 0.4) is 0 Å². The van der Waals surface area contributed by atoms with E-state index in [2.05, 4.69) is 10.0 Å². The average Bonchev–Trinajstić information content (AvgIpc) is 2.68. The third-order valence-corrected chi connectivity index (χ3v) is 5.12. The zero-order chi connectivity index (χ0) is 19.7. The molecular weight excluding hydrogens is 368 g/mol. The summed E-state index contributed by atoms with van der Waals surface area (Å²) in [6.45, 7) is 3.54. The van der Waals surface area contributed by atoms with Crippen LogP contribution in [0.1, 0.15) is 23.7 Å². The first kappa shape index (κ1) is 20.7. The Morgan fingerprint density at radius 2 is 1.78 bits per heavy atom. The van der Waals surface area contributed by atoms with E-state index in [-0.39, 0.29) is 22.1 Å². The second-order valence-electron chi connectivity index (χ2n) is 5.63. The van der Waals surface area contributed by atoms with Crippen molar-refractivity contribution in [3.05, 3.63) is 54.1 Å². The molecule has 0 saturated heterocycles. The van der Waals surface area contributed by atoms with Crippen LogP contribution in [0.2, 0.25) is 0 Å². The van der Waals surface area contributed by atoms with E-state index >= 15 is 0 Å². The Hall–Kier alpha value is -2.58. The first-order valence-corrected chi connectivity index (χ1v) is 10.1. The second kappa shape index (κ2) is 9.94. The smallest absolute Gasteiger partial charge is 0.261 e. The lowest BCUT2D eigenvalue weighted by molar-refractivity contribution is 0.0945. The molecule has 27 heavy (non-hydrogen) atoms. The van der Waals surface area contributed by atoms with Gasteiger partial charge in [-0.15, -0.1) is 0 Å². The van der Waals surface area contributed by atoms with Crippen LogP contribution in [0.4, 0.5) is 5.69 Å². The van der Waals surface area contributed by atoms with Crippen molar-refractivity contribution in [2.75, 3.05) is 31.6 Å². The van der Waals surface area contributed by atoms with Gasteiger partial charge < -0.3 is 14.8 Å². The van der Waals surface area contributed by atoms with Crippen molar-refractivity contribution in [3.63, 3.8) is 0 Å². The zero-order valence-electron chi connectivity index (χ0n) is 15.4. The number of carbonyl (C=O) groups excluding carboxylic acids is 1. The van der Waals surface area contributed by atoms with Gasteiger partial charge in [0, 0.05) is 19.8 Å². The highest BCUT2D eigenvalue weighted by atomic mass is 32.2. The van der Waals surface area contributed by atoms with Crippen LogP contribution in [-0.4, -0.2) is 41.2 Å². The quantitative estimate of drug-likeness (QED) is 0.606. The topological polar surface area (TPSA) is 93.7 Å². The Morgan fingerprint density at radius 1 is 1.07 bits per heavy atom. The van der Waals surface area contributed by atoms with E-state index in [0.29, 0.717) is 31.9 Å². The molecule has 2 rings (SSSR count). The van der Waals surface area contributed by atoms with Gasteiger partial charge in [-0.1, -0.05) is 12.1 Å². The number of rotatable bonds is 10. The first-order valence-electron chi connectivity index (χ1n) is 8.59. The van der Waals surface area contributed by atoms with Crippen molar-refractivity contribution in [2.24, 2.45) is 0 Å². The summed E-state index contributed by atoms with van der Waals surface area (Å²) in [5.41, 5.74) is 0.474. The van der Waals surface area contributed by atoms with Crippen LogP contribution >= 0.6 is 0 Å². The second-order valence-corrected chi connectivity index (χ2v) is 7.32. The summed E-state index contributed by atoms with van der Waals surface area (Å²) >= 11 is 0. The minimum Gasteiger partial charge on any atom is -0.497 e. The van der Waals surface area contributed by atoms with Crippen molar-refractivity contribution in [1.82, 2.24) is 5.32 Å². The lowest BCUT2D eigenvalue weighted by Gasteiger charge is -2.13. The molecule has 146 valence electrons. The number of hydrogen-bond acceptors (Lipinski definition) is 5. The molecule has 1 amide bonds. The number of carbonyl (C=O) groups is 1. The number of anilines is 1. The van der Waals surface area contributed by atoms with E-state index in [4.69, 9.17) is 9.47 Å². The molecule has 0 aliphatic rings. The lowest BCUT2D eigenvalue weighted by Crippen LogP contribution is -2.27. The Labute approximate surface area is 159 Å². The maximum atomic E-state index is 12.6. The third-order valence-electron chi connectivity index (χ3n) is 3.74. The molecule has 0 heterocycles. The molecule has 2 aromatic rings. The van der Waals surface area contributed by atoms with Crippen LogP contribution in [-0.2, 0) is 14.8 Å². The summed E-state index contributed by atoms with van der Waals surface area (Å²) < 4.78 is 38.0. The fraction of sp³-hybridized carbons (Fsp3) is 0.316. The van der Waals surface area contributed by atoms with Gasteiger partial charge in [0.05, 0.1) is 23.3 Å². The van der Waals surface area contributed by atoms with Crippen molar-refractivity contribution >= 4 is 21.6 Å². The molecular formula is C19H24N2O5S. The number of benzene rings is 2. The number of hydrogen-bond donors (Lipinski definition) is 2. The molecule has 0 atom stereocenters.